The minimum atomic E-state index is -0.378. The highest BCUT2D eigenvalue weighted by Crippen LogP contribution is 2.35. The summed E-state index contributed by atoms with van der Waals surface area (Å²) in [5.74, 6) is 0.613. The number of halogens is 1. The molecule has 2 unspecified atom stereocenters. The van der Waals surface area contributed by atoms with Crippen molar-refractivity contribution in [2.75, 3.05) is 11.9 Å². The summed E-state index contributed by atoms with van der Waals surface area (Å²) in [4.78, 5) is 23.9. The Morgan fingerprint density at radius 3 is 2.40 bits per heavy atom. The fraction of sp³-hybridized carbons (Fsp3) is 0.125. The van der Waals surface area contributed by atoms with Crippen molar-refractivity contribution in [3.63, 3.8) is 0 Å². The van der Waals surface area contributed by atoms with Crippen LogP contribution in [0.15, 0.2) is 88.8 Å². The number of nitrogens with zero attached hydrogens (tertiary/aromatic N) is 3. The molecule has 0 bridgehead atoms. The second-order valence-electron chi connectivity index (χ2n) is 7.32. The summed E-state index contributed by atoms with van der Waals surface area (Å²) < 4.78 is 0. The summed E-state index contributed by atoms with van der Waals surface area (Å²) in [7, 11) is 1.92. The Morgan fingerprint density at radius 2 is 1.67 bits per heavy atom. The van der Waals surface area contributed by atoms with Crippen molar-refractivity contribution in [1.29, 1.82) is 0 Å². The van der Waals surface area contributed by atoms with Gasteiger partial charge in [0.05, 0.1) is 17.4 Å². The SMILES string of the molecule is CN1C2=NC(=O)NC(c3ccccc3)C2N=C(c2ccccc2)c2cc(Cl)ccc21. The molecule has 2 aliphatic rings. The number of amides is 2. The number of carbonyl (C=O) groups excluding carboxylic acids is 1. The first-order valence-electron chi connectivity index (χ1n) is 9.73. The van der Waals surface area contributed by atoms with Crippen molar-refractivity contribution in [1.82, 2.24) is 5.32 Å². The molecule has 2 atom stereocenters. The van der Waals surface area contributed by atoms with Crippen LogP contribution in [-0.4, -0.2) is 30.7 Å². The quantitative estimate of drug-likeness (QED) is 0.651. The van der Waals surface area contributed by atoms with Crippen molar-refractivity contribution in [3.8, 4) is 0 Å². The number of aliphatic imine (C=N–C) groups is 2. The first-order valence-corrected chi connectivity index (χ1v) is 10.1. The third kappa shape index (κ3) is 3.17. The summed E-state index contributed by atoms with van der Waals surface area (Å²) in [6, 6.07) is 24.6. The molecule has 2 aliphatic heterocycles. The molecule has 0 saturated carbocycles. The van der Waals surface area contributed by atoms with Crippen molar-refractivity contribution < 1.29 is 4.79 Å². The monoisotopic (exact) mass is 414 g/mol. The topological polar surface area (TPSA) is 57.1 Å². The maximum Gasteiger partial charge on any atom is 0.343 e. The number of hydrogen-bond donors (Lipinski definition) is 1. The van der Waals surface area contributed by atoms with Crippen LogP contribution in [0.1, 0.15) is 22.7 Å². The number of likely N-dealkylation sites (N-methyl/N-ethyl adjacent to an activating group) is 1. The third-order valence-electron chi connectivity index (χ3n) is 5.47. The molecular weight excluding hydrogens is 396 g/mol. The number of fused-ring (bicyclic) bond motifs is 2. The van der Waals surface area contributed by atoms with Gasteiger partial charge in [-0.1, -0.05) is 72.3 Å². The molecule has 0 aromatic heterocycles. The lowest BCUT2D eigenvalue weighted by atomic mass is 9.96. The highest BCUT2D eigenvalue weighted by Gasteiger charge is 2.38. The van der Waals surface area contributed by atoms with Gasteiger partial charge in [-0.05, 0) is 23.8 Å². The largest absolute Gasteiger partial charge is 0.343 e. The molecule has 3 aromatic rings. The van der Waals surface area contributed by atoms with E-state index in [-0.39, 0.29) is 18.1 Å². The van der Waals surface area contributed by atoms with Gasteiger partial charge in [-0.2, -0.15) is 4.99 Å². The van der Waals surface area contributed by atoms with E-state index in [2.05, 4.69) is 10.3 Å². The zero-order valence-corrected chi connectivity index (χ0v) is 17.0. The Hall–Kier alpha value is -3.44. The Morgan fingerprint density at radius 1 is 0.967 bits per heavy atom. The Kier molecular flexibility index (Phi) is 4.60. The smallest absolute Gasteiger partial charge is 0.330 e. The molecule has 3 aromatic carbocycles. The zero-order chi connectivity index (χ0) is 20.7. The summed E-state index contributed by atoms with van der Waals surface area (Å²) in [6.07, 6.45) is 0. The normalized spacial score (nSPS) is 20.3. The van der Waals surface area contributed by atoms with Crippen LogP contribution in [-0.2, 0) is 0 Å². The van der Waals surface area contributed by atoms with E-state index >= 15 is 0 Å². The molecule has 0 radical (unpaired) electrons. The minimum absolute atomic E-state index is 0.322. The first kappa shape index (κ1) is 18.6. The average Bonchev–Trinajstić information content (AvgIpc) is 2.89. The van der Waals surface area contributed by atoms with E-state index in [1.165, 1.54) is 0 Å². The number of amidine groups is 1. The van der Waals surface area contributed by atoms with Crippen LogP contribution in [0.25, 0.3) is 0 Å². The van der Waals surface area contributed by atoms with Gasteiger partial charge >= 0.3 is 6.03 Å². The second-order valence-corrected chi connectivity index (χ2v) is 7.75. The first-order chi connectivity index (χ1) is 14.6. The van der Waals surface area contributed by atoms with Crippen LogP contribution in [0.4, 0.5) is 10.5 Å². The van der Waals surface area contributed by atoms with E-state index in [1.54, 1.807) is 0 Å². The van der Waals surface area contributed by atoms with E-state index in [0.717, 1.165) is 28.1 Å². The lowest BCUT2D eigenvalue weighted by molar-refractivity contribution is 0.243. The van der Waals surface area contributed by atoms with Crippen LogP contribution >= 0.6 is 11.6 Å². The standard InChI is InChI=1S/C24H19ClN4O/c1-29-19-13-12-17(25)14-18(19)20(15-8-4-2-5-9-15)26-22-21(16-10-6-3-7-11-16)27-24(30)28-23(22)29/h2-14,21-22H,1H3,(H,27,30). The summed E-state index contributed by atoms with van der Waals surface area (Å²) in [5, 5.41) is 3.64. The Balaban J connectivity index is 1.77. The average molecular weight is 415 g/mol. The van der Waals surface area contributed by atoms with Crippen molar-refractivity contribution in [2.45, 2.75) is 12.1 Å². The fourth-order valence-electron chi connectivity index (χ4n) is 4.04. The molecule has 0 fully saturated rings. The molecular formula is C24H19ClN4O. The highest BCUT2D eigenvalue weighted by molar-refractivity contribution is 6.32. The fourth-order valence-corrected chi connectivity index (χ4v) is 4.22. The van der Waals surface area contributed by atoms with Gasteiger partial charge in [0.25, 0.3) is 0 Å². The molecule has 148 valence electrons. The molecule has 0 saturated heterocycles. The lowest BCUT2D eigenvalue weighted by Gasteiger charge is -2.33. The molecule has 2 amide bonds. The third-order valence-corrected chi connectivity index (χ3v) is 5.70. The van der Waals surface area contributed by atoms with E-state index in [9.17, 15) is 4.79 Å². The van der Waals surface area contributed by atoms with Gasteiger partial charge in [0.15, 0.2) is 0 Å². The number of benzene rings is 3. The predicted molar refractivity (Wildman–Crippen MR) is 121 cm³/mol. The molecule has 5 nitrogen and oxygen atoms in total. The van der Waals surface area contributed by atoms with Gasteiger partial charge in [-0.3, -0.25) is 4.99 Å². The van der Waals surface area contributed by atoms with E-state index in [0.29, 0.717) is 10.9 Å². The lowest BCUT2D eigenvalue weighted by Crippen LogP contribution is -2.49. The van der Waals surface area contributed by atoms with Crippen molar-refractivity contribution in [2.24, 2.45) is 9.98 Å². The van der Waals surface area contributed by atoms with Gasteiger partial charge in [0.1, 0.15) is 11.9 Å². The number of urea groups is 1. The Labute approximate surface area is 179 Å². The van der Waals surface area contributed by atoms with E-state index < -0.39 is 0 Å². The summed E-state index contributed by atoms with van der Waals surface area (Å²) in [6.45, 7) is 0. The molecule has 6 heteroatoms. The maximum absolute atomic E-state index is 12.5. The van der Waals surface area contributed by atoms with Crippen LogP contribution in [0.2, 0.25) is 5.02 Å². The van der Waals surface area contributed by atoms with Crippen LogP contribution in [0.5, 0.6) is 0 Å². The number of carbonyl (C=O) groups is 1. The highest BCUT2D eigenvalue weighted by atomic mass is 35.5. The number of anilines is 1. The molecule has 5 rings (SSSR count). The van der Waals surface area contributed by atoms with E-state index in [1.807, 2.05) is 90.8 Å². The van der Waals surface area contributed by atoms with Crippen LogP contribution in [0, 0.1) is 0 Å². The van der Waals surface area contributed by atoms with Gasteiger partial charge in [0, 0.05) is 23.2 Å². The maximum atomic E-state index is 12.5. The number of nitrogens with one attached hydrogen (secondary N) is 1. The van der Waals surface area contributed by atoms with Crippen molar-refractivity contribution in [3.05, 3.63) is 101 Å². The van der Waals surface area contributed by atoms with Crippen molar-refractivity contribution >= 4 is 34.9 Å². The second kappa shape index (κ2) is 7.43. The molecule has 1 N–H and O–H groups in total. The van der Waals surface area contributed by atoms with Crippen LogP contribution < -0.4 is 10.2 Å². The van der Waals surface area contributed by atoms with E-state index in [4.69, 9.17) is 16.6 Å². The zero-order valence-electron chi connectivity index (χ0n) is 16.3. The van der Waals surface area contributed by atoms with Crippen LogP contribution in [0.3, 0.4) is 0 Å². The van der Waals surface area contributed by atoms with Gasteiger partial charge < -0.3 is 10.2 Å². The molecule has 0 aliphatic carbocycles. The molecule has 0 spiro atoms. The number of rotatable bonds is 2. The minimum Gasteiger partial charge on any atom is -0.330 e. The van der Waals surface area contributed by atoms with Gasteiger partial charge in [-0.25, -0.2) is 4.79 Å². The predicted octanol–water partition coefficient (Wildman–Crippen LogP) is 4.86. The van der Waals surface area contributed by atoms with Gasteiger partial charge in [-0.15, -0.1) is 0 Å². The summed E-state index contributed by atoms with van der Waals surface area (Å²) >= 11 is 6.36. The summed E-state index contributed by atoms with van der Waals surface area (Å²) in [5.41, 5.74) is 4.61. The molecule has 30 heavy (non-hydrogen) atoms. The Bertz CT molecular complexity index is 1170. The molecule has 2 heterocycles. The van der Waals surface area contributed by atoms with Gasteiger partial charge in [0.2, 0.25) is 0 Å². The number of hydrogen-bond acceptors (Lipinski definition) is 3.